The minimum atomic E-state index is -0.375. The first-order valence-electron chi connectivity index (χ1n) is 5.14. The number of nitro groups is 1. The van der Waals surface area contributed by atoms with Crippen molar-refractivity contribution in [2.75, 3.05) is 27.7 Å². The third-order valence-electron chi connectivity index (χ3n) is 1.85. The van der Waals surface area contributed by atoms with E-state index < -0.39 is 0 Å². The molecule has 6 heteroatoms. The average molecular weight is 364 g/mol. The molecule has 0 aromatic carbocycles. The van der Waals surface area contributed by atoms with Crippen LogP contribution in [-0.2, 0) is 4.74 Å². The molecule has 0 aromatic rings. The number of methoxy groups -OCH3 is 1. The van der Waals surface area contributed by atoms with E-state index in [-0.39, 0.29) is 11.5 Å². The van der Waals surface area contributed by atoms with Gasteiger partial charge in [0.1, 0.15) is 5.76 Å². The summed E-state index contributed by atoms with van der Waals surface area (Å²) in [4.78, 5) is 12.0. The maximum atomic E-state index is 10.6. The lowest BCUT2D eigenvalue weighted by atomic mass is 10.2. The van der Waals surface area contributed by atoms with Crippen LogP contribution >= 0.6 is 22.6 Å². The summed E-state index contributed by atoms with van der Waals surface area (Å²) >= 11 is 2.06. The lowest BCUT2D eigenvalue weighted by molar-refractivity contribution is -0.470. The second kappa shape index (κ2) is 8.73. The molecule has 0 atom stereocenters. The molecule has 0 N–H and O–H groups in total. The minimum Gasteiger partial charge on any atom is -0.496 e. The van der Waals surface area contributed by atoms with Crippen LogP contribution < -0.4 is 0 Å². The van der Waals surface area contributed by atoms with Gasteiger partial charge < -0.3 is 9.64 Å². The predicted molar refractivity (Wildman–Crippen MR) is 81.0 cm³/mol. The quantitative estimate of drug-likeness (QED) is 0.229. The Hall–Kier alpha value is -1.31. The van der Waals surface area contributed by atoms with Gasteiger partial charge in [-0.1, -0.05) is 12.7 Å². The van der Waals surface area contributed by atoms with Crippen LogP contribution in [0.25, 0.3) is 0 Å². The SMILES string of the molecule is C=C\C(I)=C(/C=C(/C=C/N(C)C)C[N+](=O)[O-])OC. The molecule has 5 nitrogen and oxygen atoms in total. The first kappa shape index (κ1) is 16.7. The zero-order valence-electron chi connectivity index (χ0n) is 10.7. The Morgan fingerprint density at radius 1 is 1.56 bits per heavy atom. The number of ether oxygens (including phenoxy) is 1. The summed E-state index contributed by atoms with van der Waals surface area (Å²) in [5.74, 6) is 0.561. The molecule has 0 spiro atoms. The fraction of sp³-hybridized carbons (Fsp3) is 0.333. The van der Waals surface area contributed by atoms with Gasteiger partial charge in [-0.25, -0.2) is 0 Å². The van der Waals surface area contributed by atoms with Crippen LogP contribution in [0.2, 0.25) is 0 Å². The lowest BCUT2D eigenvalue weighted by Gasteiger charge is -2.06. The van der Waals surface area contributed by atoms with Gasteiger partial charge in [0.25, 0.3) is 0 Å². The normalized spacial score (nSPS) is 13.2. The molecule has 0 aliphatic rings. The van der Waals surface area contributed by atoms with Crippen molar-refractivity contribution < 1.29 is 9.66 Å². The highest BCUT2D eigenvalue weighted by atomic mass is 127. The Balaban J connectivity index is 5.28. The van der Waals surface area contributed by atoms with Gasteiger partial charge in [0.15, 0.2) is 0 Å². The zero-order chi connectivity index (χ0) is 14.1. The van der Waals surface area contributed by atoms with Crippen LogP contribution in [0.3, 0.4) is 0 Å². The van der Waals surface area contributed by atoms with Crippen molar-refractivity contribution >= 4 is 22.6 Å². The first-order valence-corrected chi connectivity index (χ1v) is 6.21. The van der Waals surface area contributed by atoms with Gasteiger partial charge >= 0.3 is 0 Å². The van der Waals surface area contributed by atoms with Crippen molar-refractivity contribution in [1.82, 2.24) is 4.90 Å². The Kier molecular flexibility index (Phi) is 8.10. The molecule has 0 bridgehead atoms. The van der Waals surface area contributed by atoms with E-state index >= 15 is 0 Å². The maximum Gasteiger partial charge on any atom is 0.229 e. The Bertz CT molecular complexity index is 398. The van der Waals surface area contributed by atoms with E-state index in [0.29, 0.717) is 11.3 Å². The van der Waals surface area contributed by atoms with E-state index in [1.807, 2.05) is 19.0 Å². The highest BCUT2D eigenvalue weighted by Crippen LogP contribution is 2.17. The molecule has 0 unspecified atom stereocenters. The number of hydrogen-bond acceptors (Lipinski definition) is 4. The summed E-state index contributed by atoms with van der Waals surface area (Å²) in [6.07, 6.45) is 6.72. The molecule has 0 saturated heterocycles. The summed E-state index contributed by atoms with van der Waals surface area (Å²) in [7, 11) is 5.22. The molecule has 0 aliphatic heterocycles. The van der Waals surface area contributed by atoms with Crippen LogP contribution in [0.4, 0.5) is 0 Å². The molecule has 18 heavy (non-hydrogen) atoms. The molecule has 0 radical (unpaired) electrons. The summed E-state index contributed by atoms with van der Waals surface area (Å²) in [5.41, 5.74) is 0.557. The standard InChI is InChI=1S/C12H17IN2O3/c1-5-11(13)12(18-4)8-10(9-15(16)17)6-7-14(2)3/h5-8H,1,9H2,2-4H3/b7-6+,10-8-,12-11-. The Morgan fingerprint density at radius 2 is 2.17 bits per heavy atom. The first-order chi connectivity index (χ1) is 8.40. The van der Waals surface area contributed by atoms with Crippen LogP contribution in [-0.4, -0.2) is 37.6 Å². The van der Waals surface area contributed by atoms with Gasteiger partial charge in [-0.3, -0.25) is 10.1 Å². The van der Waals surface area contributed by atoms with Crippen molar-refractivity contribution in [3.8, 4) is 0 Å². The topological polar surface area (TPSA) is 55.6 Å². The van der Waals surface area contributed by atoms with Gasteiger partial charge in [-0.2, -0.15) is 0 Å². The Morgan fingerprint density at radius 3 is 2.56 bits per heavy atom. The van der Waals surface area contributed by atoms with Crippen LogP contribution in [0.1, 0.15) is 0 Å². The summed E-state index contributed by atoms with van der Waals surface area (Å²) in [6.45, 7) is 3.39. The minimum absolute atomic E-state index is 0.252. The van der Waals surface area contributed by atoms with Crippen molar-refractivity contribution in [2.45, 2.75) is 0 Å². The van der Waals surface area contributed by atoms with Crippen LogP contribution in [0.5, 0.6) is 0 Å². The van der Waals surface area contributed by atoms with Crippen LogP contribution in [0, 0.1) is 10.1 Å². The van der Waals surface area contributed by atoms with Crippen molar-refractivity contribution in [2.24, 2.45) is 0 Å². The van der Waals surface area contributed by atoms with E-state index in [9.17, 15) is 10.1 Å². The van der Waals surface area contributed by atoms with E-state index in [0.717, 1.165) is 3.58 Å². The Labute approximate surface area is 121 Å². The van der Waals surface area contributed by atoms with Gasteiger partial charge in [-0.05, 0) is 40.9 Å². The second-order valence-corrected chi connectivity index (χ2v) is 4.77. The lowest BCUT2D eigenvalue weighted by Crippen LogP contribution is -2.06. The van der Waals surface area contributed by atoms with Crippen LogP contribution in [0.15, 0.2) is 45.9 Å². The van der Waals surface area contributed by atoms with Crippen molar-refractivity contribution in [3.63, 3.8) is 0 Å². The molecule has 0 saturated carbocycles. The molecule has 0 aromatic heterocycles. The number of rotatable bonds is 7. The highest BCUT2D eigenvalue weighted by Gasteiger charge is 2.06. The number of hydrogen-bond donors (Lipinski definition) is 0. The number of nitrogens with zero attached hydrogens (tertiary/aromatic N) is 2. The van der Waals surface area contributed by atoms with E-state index in [4.69, 9.17) is 4.74 Å². The van der Waals surface area contributed by atoms with Gasteiger partial charge in [0.2, 0.25) is 6.54 Å². The summed E-state index contributed by atoms with van der Waals surface area (Å²) in [6, 6.07) is 0. The number of halogens is 1. The molecule has 0 heterocycles. The third-order valence-corrected chi connectivity index (χ3v) is 2.82. The van der Waals surface area contributed by atoms with Crippen molar-refractivity contribution in [1.29, 1.82) is 0 Å². The molecule has 100 valence electrons. The molecule has 0 aliphatic carbocycles. The molecular formula is C12H17IN2O3. The van der Waals surface area contributed by atoms with Gasteiger partial charge in [0.05, 0.1) is 10.7 Å². The molecule has 0 amide bonds. The smallest absolute Gasteiger partial charge is 0.229 e. The number of allylic oxidation sites excluding steroid dienone is 3. The largest absolute Gasteiger partial charge is 0.496 e. The van der Waals surface area contributed by atoms with E-state index in [1.165, 1.54) is 7.11 Å². The molecule has 0 rings (SSSR count). The van der Waals surface area contributed by atoms with Gasteiger partial charge in [0, 0.05) is 24.6 Å². The molecule has 0 fully saturated rings. The highest BCUT2D eigenvalue weighted by molar-refractivity contribution is 14.1. The van der Waals surface area contributed by atoms with E-state index in [2.05, 4.69) is 29.2 Å². The monoisotopic (exact) mass is 364 g/mol. The average Bonchev–Trinajstić information content (AvgIpc) is 2.30. The zero-order valence-corrected chi connectivity index (χ0v) is 12.9. The summed E-state index contributed by atoms with van der Waals surface area (Å²) < 4.78 is 5.98. The molecular weight excluding hydrogens is 347 g/mol. The third kappa shape index (κ3) is 7.10. The van der Waals surface area contributed by atoms with Crippen molar-refractivity contribution in [3.05, 3.63) is 56.0 Å². The van der Waals surface area contributed by atoms with Gasteiger partial charge in [-0.15, -0.1) is 0 Å². The fourth-order valence-corrected chi connectivity index (χ4v) is 1.41. The fourth-order valence-electron chi connectivity index (χ4n) is 1.03. The maximum absolute atomic E-state index is 10.6. The predicted octanol–water partition coefficient (Wildman–Crippen LogP) is 2.74. The second-order valence-electron chi connectivity index (χ2n) is 3.61. The summed E-state index contributed by atoms with van der Waals surface area (Å²) in [5, 5.41) is 10.6. The van der Waals surface area contributed by atoms with E-state index in [1.54, 1.807) is 24.4 Å².